The van der Waals surface area contributed by atoms with Gasteiger partial charge in [-0.05, 0) is 43.4 Å². The molecule has 0 N–H and O–H groups in total. The van der Waals surface area contributed by atoms with E-state index in [1.807, 2.05) is 12.1 Å². The van der Waals surface area contributed by atoms with Crippen LogP contribution < -0.4 is 0 Å². The number of nitrogens with zero attached hydrogens (tertiary/aromatic N) is 1. The Bertz CT molecular complexity index is 658. The third kappa shape index (κ3) is 3.58. The molecule has 23 heavy (non-hydrogen) atoms. The number of ketones is 1. The Morgan fingerprint density at radius 3 is 2.83 bits per heavy atom. The molecule has 0 radical (unpaired) electrons. The number of amides is 1. The van der Waals surface area contributed by atoms with Crippen molar-refractivity contribution in [3.8, 4) is 0 Å². The smallest absolute Gasteiger partial charge is 0.326 e. The average Bonchev–Trinajstić information content (AvgIpc) is 3.15. The topological polar surface area (TPSA) is 63.7 Å². The minimum atomic E-state index is -0.840. The van der Waals surface area contributed by atoms with Gasteiger partial charge >= 0.3 is 5.97 Å². The molecule has 1 saturated heterocycles. The largest absolute Gasteiger partial charge is 0.453 e. The summed E-state index contributed by atoms with van der Waals surface area (Å²) in [4.78, 5) is 37.2. The van der Waals surface area contributed by atoms with Gasteiger partial charge in [0, 0.05) is 17.9 Å². The van der Waals surface area contributed by atoms with Crippen molar-refractivity contribution in [2.24, 2.45) is 0 Å². The van der Waals surface area contributed by atoms with Gasteiger partial charge in [0.1, 0.15) is 6.54 Å². The molecule has 1 fully saturated rings. The first-order valence-electron chi connectivity index (χ1n) is 7.82. The Labute approximate surface area is 139 Å². The van der Waals surface area contributed by atoms with E-state index in [-0.39, 0.29) is 17.6 Å². The minimum Gasteiger partial charge on any atom is -0.453 e. The summed E-state index contributed by atoms with van der Waals surface area (Å²) in [6.07, 6.45) is 2.35. The first kappa shape index (κ1) is 16.1. The molecular weight excluding hydrogens is 314 g/mol. The molecule has 1 atom stereocenters. The second-order valence-corrected chi connectivity index (χ2v) is 6.92. The number of benzene rings is 1. The third-order valence-electron chi connectivity index (χ3n) is 4.23. The molecule has 0 bridgehead atoms. The number of hydrogen-bond acceptors (Lipinski definition) is 5. The maximum absolute atomic E-state index is 12.4. The van der Waals surface area contributed by atoms with E-state index in [4.69, 9.17) is 4.74 Å². The van der Waals surface area contributed by atoms with Crippen LogP contribution in [0.25, 0.3) is 0 Å². The van der Waals surface area contributed by atoms with E-state index >= 15 is 0 Å². The minimum absolute atomic E-state index is 0.0896. The van der Waals surface area contributed by atoms with Crippen LogP contribution in [-0.4, -0.2) is 46.8 Å². The van der Waals surface area contributed by atoms with Crippen LogP contribution in [0.15, 0.2) is 18.2 Å². The van der Waals surface area contributed by atoms with Crippen molar-refractivity contribution < 1.29 is 19.1 Å². The number of ether oxygens (including phenoxy) is 1. The van der Waals surface area contributed by atoms with Gasteiger partial charge in [-0.3, -0.25) is 14.4 Å². The third-order valence-corrected chi connectivity index (χ3v) is 5.12. The van der Waals surface area contributed by atoms with Gasteiger partial charge in [0.25, 0.3) is 5.24 Å². The Morgan fingerprint density at radius 2 is 2.09 bits per heavy atom. The number of fused-ring (bicyclic) bond motifs is 1. The van der Waals surface area contributed by atoms with Gasteiger partial charge in [-0.15, -0.1) is 0 Å². The summed E-state index contributed by atoms with van der Waals surface area (Å²) in [5.41, 5.74) is 3.10. The highest BCUT2D eigenvalue weighted by Crippen LogP contribution is 2.23. The first-order valence-corrected chi connectivity index (χ1v) is 8.80. The SMILES string of the molecule is C[C@H](OC(=O)CN1CCSC1=O)C(=O)c1ccc2c(c1)CCC2. The highest BCUT2D eigenvalue weighted by atomic mass is 32.2. The van der Waals surface area contributed by atoms with Gasteiger partial charge < -0.3 is 9.64 Å². The molecule has 2 aliphatic rings. The number of Topliss-reactive ketones (excluding diaryl/α,β-unsaturated/α-hetero) is 1. The highest BCUT2D eigenvalue weighted by Gasteiger charge is 2.26. The Balaban J connectivity index is 1.59. The zero-order valence-electron chi connectivity index (χ0n) is 13.0. The molecule has 1 aromatic carbocycles. The van der Waals surface area contributed by atoms with E-state index in [1.165, 1.54) is 27.8 Å². The molecule has 122 valence electrons. The molecule has 5 nitrogen and oxygen atoms in total. The first-order chi connectivity index (χ1) is 11.0. The summed E-state index contributed by atoms with van der Waals surface area (Å²) in [6, 6.07) is 5.71. The lowest BCUT2D eigenvalue weighted by Crippen LogP contribution is -2.34. The van der Waals surface area contributed by atoms with E-state index in [0.29, 0.717) is 17.9 Å². The quantitative estimate of drug-likeness (QED) is 0.612. The van der Waals surface area contributed by atoms with Gasteiger partial charge in [0.2, 0.25) is 5.78 Å². The number of hydrogen-bond donors (Lipinski definition) is 0. The fourth-order valence-electron chi connectivity index (χ4n) is 2.97. The maximum Gasteiger partial charge on any atom is 0.326 e. The Morgan fingerprint density at radius 1 is 1.30 bits per heavy atom. The molecule has 1 aromatic rings. The van der Waals surface area contributed by atoms with Crippen LogP contribution in [0.2, 0.25) is 0 Å². The van der Waals surface area contributed by atoms with Crippen molar-refractivity contribution in [1.82, 2.24) is 4.90 Å². The molecule has 1 aliphatic heterocycles. The van der Waals surface area contributed by atoms with Crippen molar-refractivity contribution >= 4 is 28.8 Å². The van der Waals surface area contributed by atoms with Crippen LogP contribution in [0.4, 0.5) is 4.79 Å². The zero-order valence-corrected chi connectivity index (χ0v) is 13.9. The fourth-order valence-corrected chi connectivity index (χ4v) is 3.80. The lowest BCUT2D eigenvalue weighted by atomic mass is 10.0. The van der Waals surface area contributed by atoms with E-state index in [1.54, 1.807) is 13.0 Å². The van der Waals surface area contributed by atoms with Gasteiger partial charge in [-0.1, -0.05) is 23.9 Å². The summed E-state index contributed by atoms with van der Waals surface area (Å²) in [6.45, 7) is 2.04. The number of rotatable bonds is 5. The average molecular weight is 333 g/mol. The molecule has 1 aliphatic carbocycles. The Hall–Kier alpha value is -1.82. The van der Waals surface area contributed by atoms with Crippen LogP contribution in [0.1, 0.15) is 34.8 Å². The molecule has 0 spiro atoms. The van der Waals surface area contributed by atoms with Gasteiger partial charge in [-0.2, -0.15) is 0 Å². The standard InChI is InChI=1S/C17H19NO4S/c1-11(22-15(19)10-18-7-8-23-17(18)21)16(20)14-6-5-12-3-2-4-13(12)9-14/h5-6,9,11H,2-4,7-8,10H2,1H3/t11-/m0/s1. The van der Waals surface area contributed by atoms with Gasteiger partial charge in [-0.25, -0.2) is 0 Å². The number of thioether (sulfide) groups is 1. The number of carbonyl (C=O) groups excluding carboxylic acids is 3. The molecule has 0 saturated carbocycles. The van der Waals surface area contributed by atoms with Gasteiger partial charge in [0.05, 0.1) is 0 Å². The summed E-state index contributed by atoms with van der Waals surface area (Å²) in [7, 11) is 0. The fraction of sp³-hybridized carbons (Fsp3) is 0.471. The van der Waals surface area contributed by atoms with Crippen LogP contribution in [0.5, 0.6) is 0 Å². The second-order valence-electron chi connectivity index (χ2n) is 5.87. The Kier molecular flexibility index (Phi) is 4.71. The maximum atomic E-state index is 12.4. The normalized spacial score (nSPS) is 18.0. The van der Waals surface area contributed by atoms with Crippen LogP contribution >= 0.6 is 11.8 Å². The molecule has 0 aromatic heterocycles. The van der Waals surface area contributed by atoms with Crippen LogP contribution in [-0.2, 0) is 22.4 Å². The molecule has 1 heterocycles. The summed E-state index contributed by atoms with van der Waals surface area (Å²) < 4.78 is 5.20. The number of esters is 1. The molecular formula is C17H19NO4S. The van der Waals surface area contributed by atoms with Crippen molar-refractivity contribution in [3.63, 3.8) is 0 Å². The second kappa shape index (κ2) is 6.74. The van der Waals surface area contributed by atoms with Crippen molar-refractivity contribution in [2.75, 3.05) is 18.8 Å². The van der Waals surface area contributed by atoms with E-state index < -0.39 is 12.1 Å². The van der Waals surface area contributed by atoms with Gasteiger partial charge in [0.15, 0.2) is 6.10 Å². The lowest BCUT2D eigenvalue weighted by Gasteiger charge is -2.17. The number of carbonyl (C=O) groups is 3. The number of aryl methyl sites for hydroxylation is 2. The van der Waals surface area contributed by atoms with Crippen LogP contribution in [0.3, 0.4) is 0 Å². The summed E-state index contributed by atoms with van der Waals surface area (Å²) in [5.74, 6) is -0.0477. The summed E-state index contributed by atoms with van der Waals surface area (Å²) in [5, 5.41) is -0.112. The van der Waals surface area contributed by atoms with Crippen LogP contribution in [0, 0.1) is 0 Å². The predicted octanol–water partition coefficient (Wildman–Crippen LogP) is 2.46. The predicted molar refractivity (Wildman–Crippen MR) is 87.8 cm³/mol. The van der Waals surface area contributed by atoms with Crippen molar-refractivity contribution in [3.05, 3.63) is 34.9 Å². The summed E-state index contributed by atoms with van der Waals surface area (Å²) >= 11 is 1.19. The molecule has 0 unspecified atom stereocenters. The highest BCUT2D eigenvalue weighted by molar-refractivity contribution is 8.13. The lowest BCUT2D eigenvalue weighted by molar-refractivity contribution is -0.146. The molecule has 6 heteroatoms. The molecule has 3 rings (SSSR count). The van der Waals surface area contributed by atoms with E-state index in [9.17, 15) is 14.4 Å². The monoisotopic (exact) mass is 333 g/mol. The van der Waals surface area contributed by atoms with E-state index in [0.717, 1.165) is 19.3 Å². The van der Waals surface area contributed by atoms with Crippen molar-refractivity contribution in [2.45, 2.75) is 32.3 Å². The van der Waals surface area contributed by atoms with Crippen molar-refractivity contribution in [1.29, 1.82) is 0 Å². The molecule has 1 amide bonds. The van der Waals surface area contributed by atoms with E-state index in [2.05, 4.69) is 0 Å². The zero-order chi connectivity index (χ0) is 16.4.